The van der Waals surface area contributed by atoms with Gasteiger partial charge < -0.3 is 0 Å². The first-order valence-electron chi connectivity index (χ1n) is 5.14. The maximum atomic E-state index is 12.2. The van der Waals surface area contributed by atoms with Gasteiger partial charge in [0.2, 0.25) is 9.84 Å². The SMILES string of the molecule is CS(=O)(=O)C(S(C)(=O)=O)S(=O)(=O)c1ccc([N+](=O)[O-])cc1. The lowest BCUT2D eigenvalue weighted by Crippen LogP contribution is -2.36. The van der Waals surface area contributed by atoms with Crippen molar-refractivity contribution in [2.75, 3.05) is 12.5 Å². The van der Waals surface area contributed by atoms with Crippen molar-refractivity contribution in [3.63, 3.8) is 0 Å². The van der Waals surface area contributed by atoms with Gasteiger partial charge in [-0.2, -0.15) is 0 Å². The molecule has 0 fully saturated rings. The predicted octanol–water partition coefficient (Wildman–Crippen LogP) is -0.259. The number of nitro benzene ring substituents is 1. The Bertz CT molecular complexity index is 833. The number of sulfone groups is 3. The number of benzene rings is 1. The Hall–Kier alpha value is -1.53. The molecule has 0 spiro atoms. The highest BCUT2D eigenvalue weighted by Gasteiger charge is 2.44. The fourth-order valence-corrected chi connectivity index (χ4v) is 9.27. The Morgan fingerprint density at radius 1 is 0.905 bits per heavy atom. The first-order chi connectivity index (χ1) is 9.28. The number of nitrogens with zero attached hydrogens (tertiary/aromatic N) is 1. The molecule has 12 heteroatoms. The van der Waals surface area contributed by atoms with Gasteiger partial charge in [0.05, 0.1) is 9.82 Å². The summed E-state index contributed by atoms with van der Waals surface area (Å²) < 4.78 is 67.7. The van der Waals surface area contributed by atoms with E-state index in [1.54, 1.807) is 0 Å². The summed E-state index contributed by atoms with van der Waals surface area (Å²) in [6.45, 7) is 0. The average molecular weight is 357 g/mol. The lowest BCUT2D eigenvalue weighted by Gasteiger charge is -2.14. The third-order valence-corrected chi connectivity index (χ3v) is 10.9. The summed E-state index contributed by atoms with van der Waals surface area (Å²) in [6, 6.07) is 3.26. The van der Waals surface area contributed by atoms with Gasteiger partial charge in [0.25, 0.3) is 9.60 Å². The highest BCUT2D eigenvalue weighted by molar-refractivity contribution is 8.23. The maximum absolute atomic E-state index is 12.2. The second kappa shape index (κ2) is 5.35. The maximum Gasteiger partial charge on any atom is 0.269 e. The molecule has 21 heavy (non-hydrogen) atoms. The molecule has 0 aliphatic heterocycles. The molecule has 0 radical (unpaired) electrons. The van der Waals surface area contributed by atoms with E-state index in [0.29, 0.717) is 12.5 Å². The zero-order chi connectivity index (χ0) is 16.6. The Labute approximate surface area is 121 Å². The quantitative estimate of drug-likeness (QED) is 0.517. The molecule has 0 saturated carbocycles. The van der Waals surface area contributed by atoms with E-state index >= 15 is 0 Å². The first-order valence-corrected chi connectivity index (χ1v) is 10.6. The molecule has 1 aromatic rings. The molecule has 0 aliphatic rings. The van der Waals surface area contributed by atoms with E-state index in [1.807, 2.05) is 0 Å². The van der Waals surface area contributed by atoms with Gasteiger partial charge in [-0.05, 0) is 12.1 Å². The van der Waals surface area contributed by atoms with E-state index < -0.39 is 48.9 Å². The van der Waals surface area contributed by atoms with Gasteiger partial charge in [0.15, 0.2) is 19.7 Å². The van der Waals surface area contributed by atoms with Crippen LogP contribution in [0, 0.1) is 10.1 Å². The van der Waals surface area contributed by atoms with Gasteiger partial charge in [-0.15, -0.1) is 0 Å². The monoisotopic (exact) mass is 357 g/mol. The van der Waals surface area contributed by atoms with Crippen LogP contribution in [-0.4, -0.2) is 46.6 Å². The minimum atomic E-state index is -4.76. The third kappa shape index (κ3) is 3.77. The van der Waals surface area contributed by atoms with Crippen LogP contribution in [-0.2, 0) is 29.5 Å². The van der Waals surface area contributed by atoms with Crippen molar-refractivity contribution in [3.05, 3.63) is 34.4 Å². The second-order valence-corrected chi connectivity index (χ2v) is 11.4. The van der Waals surface area contributed by atoms with Crippen LogP contribution in [0.2, 0.25) is 0 Å². The minimum absolute atomic E-state index is 0.413. The Morgan fingerprint density at radius 3 is 1.57 bits per heavy atom. The van der Waals surface area contributed by atoms with Crippen molar-refractivity contribution in [1.82, 2.24) is 0 Å². The number of non-ortho nitro benzene ring substituents is 1. The molecule has 0 heterocycles. The molecular weight excluding hydrogens is 346 g/mol. The van der Waals surface area contributed by atoms with Crippen molar-refractivity contribution in [2.24, 2.45) is 0 Å². The fraction of sp³-hybridized carbons (Fsp3) is 0.333. The Balaban J connectivity index is 3.55. The third-order valence-electron chi connectivity index (χ3n) is 2.33. The van der Waals surface area contributed by atoms with Gasteiger partial charge in [-0.3, -0.25) is 10.1 Å². The zero-order valence-electron chi connectivity index (χ0n) is 10.8. The Morgan fingerprint density at radius 2 is 1.29 bits per heavy atom. The standard InChI is InChI=1S/C9H11NO8S3/c1-19(13,14)9(20(2,15)16)21(17,18)8-5-3-7(4-6-8)10(11)12/h3-6,9H,1-2H3. The van der Waals surface area contributed by atoms with Crippen molar-refractivity contribution in [2.45, 2.75) is 8.81 Å². The second-order valence-electron chi connectivity index (χ2n) is 4.24. The molecule has 0 N–H and O–H groups in total. The molecule has 9 nitrogen and oxygen atoms in total. The van der Waals surface area contributed by atoms with E-state index in [0.717, 1.165) is 24.3 Å². The molecule has 0 aliphatic carbocycles. The summed E-state index contributed by atoms with van der Waals surface area (Å²) in [5.41, 5.74) is -0.413. The van der Waals surface area contributed by atoms with Gasteiger partial charge in [-0.25, -0.2) is 25.3 Å². The summed E-state index contributed by atoms with van der Waals surface area (Å²) in [4.78, 5) is 9.07. The molecule has 0 bridgehead atoms. The smallest absolute Gasteiger partial charge is 0.258 e. The Kier molecular flexibility index (Phi) is 4.46. The average Bonchev–Trinajstić information content (AvgIpc) is 2.24. The molecule has 0 amide bonds. The van der Waals surface area contributed by atoms with E-state index in [4.69, 9.17) is 0 Å². The van der Waals surface area contributed by atoms with Crippen LogP contribution in [0.4, 0.5) is 5.69 Å². The zero-order valence-corrected chi connectivity index (χ0v) is 13.3. The van der Waals surface area contributed by atoms with E-state index in [-0.39, 0.29) is 0 Å². The fourth-order valence-electron chi connectivity index (χ4n) is 1.65. The van der Waals surface area contributed by atoms with Crippen LogP contribution in [0.5, 0.6) is 0 Å². The van der Waals surface area contributed by atoms with Crippen LogP contribution >= 0.6 is 0 Å². The highest BCUT2D eigenvalue weighted by Crippen LogP contribution is 2.25. The van der Waals surface area contributed by atoms with E-state index in [2.05, 4.69) is 0 Å². The minimum Gasteiger partial charge on any atom is -0.258 e. The largest absolute Gasteiger partial charge is 0.269 e. The molecule has 1 aromatic carbocycles. The summed E-state index contributed by atoms with van der Waals surface area (Å²) in [5, 5.41) is 10.5. The van der Waals surface area contributed by atoms with Crippen molar-refractivity contribution < 1.29 is 30.2 Å². The molecular formula is C9H11NO8S3. The number of hydrogen-bond donors (Lipinski definition) is 0. The van der Waals surface area contributed by atoms with Crippen LogP contribution in [0.15, 0.2) is 29.2 Å². The number of rotatable bonds is 5. The van der Waals surface area contributed by atoms with Gasteiger partial charge in [0, 0.05) is 24.6 Å². The first kappa shape index (κ1) is 17.5. The molecule has 0 atom stereocenters. The molecule has 118 valence electrons. The summed E-state index contributed by atoms with van der Waals surface area (Å²) in [7, 11) is -13.7. The summed E-state index contributed by atoms with van der Waals surface area (Å²) in [5.74, 6) is 0. The topological polar surface area (TPSA) is 146 Å². The van der Waals surface area contributed by atoms with E-state index in [1.165, 1.54) is 0 Å². The summed E-state index contributed by atoms with van der Waals surface area (Å²) in [6.07, 6.45) is 0.976. The van der Waals surface area contributed by atoms with Crippen LogP contribution in [0.1, 0.15) is 0 Å². The number of nitro groups is 1. The van der Waals surface area contributed by atoms with Crippen molar-refractivity contribution in [3.8, 4) is 0 Å². The lowest BCUT2D eigenvalue weighted by molar-refractivity contribution is -0.384. The van der Waals surface area contributed by atoms with E-state index in [9.17, 15) is 35.4 Å². The van der Waals surface area contributed by atoms with Crippen molar-refractivity contribution in [1.29, 1.82) is 0 Å². The number of hydrogen-bond acceptors (Lipinski definition) is 8. The van der Waals surface area contributed by atoms with Crippen LogP contribution in [0.3, 0.4) is 0 Å². The van der Waals surface area contributed by atoms with Gasteiger partial charge in [0.1, 0.15) is 0 Å². The summed E-state index contributed by atoms with van der Waals surface area (Å²) >= 11 is 0. The lowest BCUT2D eigenvalue weighted by atomic mass is 10.3. The molecule has 0 saturated heterocycles. The molecule has 1 rings (SSSR count). The molecule has 0 aromatic heterocycles. The van der Waals surface area contributed by atoms with Gasteiger partial charge in [-0.1, -0.05) is 0 Å². The molecule has 0 unspecified atom stereocenters. The van der Waals surface area contributed by atoms with Crippen LogP contribution < -0.4 is 0 Å². The normalized spacial score (nSPS) is 13.3. The highest BCUT2D eigenvalue weighted by atomic mass is 32.3. The van der Waals surface area contributed by atoms with Crippen LogP contribution in [0.25, 0.3) is 0 Å². The predicted molar refractivity (Wildman–Crippen MR) is 73.8 cm³/mol. The van der Waals surface area contributed by atoms with Crippen molar-refractivity contribution >= 4 is 35.2 Å². The van der Waals surface area contributed by atoms with Gasteiger partial charge >= 0.3 is 0 Å².